The quantitative estimate of drug-likeness (QED) is 0.728. The zero-order valence-electron chi connectivity index (χ0n) is 10.8. The van der Waals surface area contributed by atoms with Gasteiger partial charge < -0.3 is 13.9 Å². The molecule has 0 radical (unpaired) electrons. The molecular weight excluding hydrogens is 256 g/mol. The van der Waals surface area contributed by atoms with Crippen LogP contribution in [-0.2, 0) is 0 Å². The van der Waals surface area contributed by atoms with Crippen molar-refractivity contribution in [3.63, 3.8) is 0 Å². The Morgan fingerprint density at radius 1 is 1.00 bits per heavy atom. The van der Waals surface area contributed by atoms with Crippen molar-refractivity contribution >= 4 is 11.0 Å². The monoisotopic (exact) mass is 268 g/mol. The highest BCUT2D eigenvalue weighted by atomic mass is 16.5. The van der Waals surface area contributed by atoms with Crippen LogP contribution < -0.4 is 14.9 Å². The maximum Gasteiger partial charge on any atom is 0.235 e. The van der Waals surface area contributed by atoms with Crippen LogP contribution in [0.3, 0.4) is 0 Å². The van der Waals surface area contributed by atoms with Gasteiger partial charge in [0.2, 0.25) is 11.2 Å². The van der Waals surface area contributed by atoms with Gasteiger partial charge >= 0.3 is 0 Å². The highest BCUT2D eigenvalue weighted by molar-refractivity contribution is 5.79. The predicted octanol–water partition coefficient (Wildman–Crippen LogP) is 3.59. The predicted molar refractivity (Wildman–Crippen MR) is 75.6 cm³/mol. The highest BCUT2D eigenvalue weighted by Crippen LogP contribution is 2.23. The normalized spacial score (nSPS) is 10.4. The van der Waals surface area contributed by atoms with E-state index in [0.717, 1.165) is 0 Å². The first-order valence-electron chi connectivity index (χ1n) is 6.10. The molecule has 1 heterocycles. The van der Waals surface area contributed by atoms with Crippen LogP contribution in [0.15, 0.2) is 64.0 Å². The first-order chi connectivity index (χ1) is 9.78. The third-order valence-corrected chi connectivity index (χ3v) is 2.92. The van der Waals surface area contributed by atoms with Crippen molar-refractivity contribution in [2.45, 2.75) is 0 Å². The molecule has 0 unspecified atom stereocenters. The van der Waals surface area contributed by atoms with Crippen LogP contribution in [0.5, 0.6) is 17.2 Å². The first-order valence-corrected chi connectivity index (χ1v) is 6.10. The first kappa shape index (κ1) is 12.3. The van der Waals surface area contributed by atoms with E-state index in [9.17, 15) is 4.79 Å². The summed E-state index contributed by atoms with van der Waals surface area (Å²) in [4.78, 5) is 12.3. The van der Waals surface area contributed by atoms with E-state index in [2.05, 4.69) is 0 Å². The topological polar surface area (TPSA) is 48.7 Å². The molecule has 0 aliphatic heterocycles. The largest absolute Gasteiger partial charge is 0.497 e. The molecule has 0 fully saturated rings. The lowest BCUT2D eigenvalue weighted by atomic mass is 10.2. The number of rotatable bonds is 3. The van der Waals surface area contributed by atoms with E-state index in [1.807, 2.05) is 18.2 Å². The summed E-state index contributed by atoms with van der Waals surface area (Å²) in [6.45, 7) is 0. The van der Waals surface area contributed by atoms with Gasteiger partial charge in [0.05, 0.1) is 12.5 Å². The average Bonchev–Trinajstić information content (AvgIpc) is 2.51. The Balaban J connectivity index is 2.05. The summed E-state index contributed by atoms with van der Waals surface area (Å²) in [6, 6.07) is 14.1. The molecule has 20 heavy (non-hydrogen) atoms. The fraction of sp³-hybridized carbons (Fsp3) is 0.0625. The van der Waals surface area contributed by atoms with Crippen LogP contribution in [-0.4, -0.2) is 7.11 Å². The standard InChI is InChI=1S/C16H12O4/c1-18-12-7-8-13-14(9-12)19-10-15(16(13)17)20-11-5-3-2-4-6-11/h2-10H,1H3. The average molecular weight is 268 g/mol. The maximum absolute atomic E-state index is 12.3. The molecule has 0 aliphatic carbocycles. The second-order valence-corrected chi connectivity index (χ2v) is 4.21. The molecular formula is C16H12O4. The van der Waals surface area contributed by atoms with Gasteiger partial charge in [0.25, 0.3) is 0 Å². The summed E-state index contributed by atoms with van der Waals surface area (Å²) < 4.78 is 16.1. The zero-order valence-corrected chi connectivity index (χ0v) is 10.8. The molecule has 3 aromatic rings. The minimum Gasteiger partial charge on any atom is -0.497 e. The third kappa shape index (κ3) is 2.23. The molecule has 1 aromatic heterocycles. The Kier molecular flexibility index (Phi) is 3.13. The van der Waals surface area contributed by atoms with Crippen LogP contribution in [0.2, 0.25) is 0 Å². The van der Waals surface area contributed by atoms with Crippen molar-refractivity contribution in [1.29, 1.82) is 0 Å². The molecule has 3 rings (SSSR count). The van der Waals surface area contributed by atoms with Gasteiger partial charge in [-0.2, -0.15) is 0 Å². The Morgan fingerprint density at radius 3 is 2.55 bits per heavy atom. The Morgan fingerprint density at radius 2 is 1.80 bits per heavy atom. The Labute approximate surface area is 115 Å². The molecule has 0 aliphatic rings. The summed E-state index contributed by atoms with van der Waals surface area (Å²) >= 11 is 0. The van der Waals surface area contributed by atoms with Gasteiger partial charge in [-0.1, -0.05) is 18.2 Å². The van der Waals surface area contributed by atoms with Crippen molar-refractivity contribution in [3.8, 4) is 17.2 Å². The molecule has 0 spiro atoms. The van der Waals surface area contributed by atoms with Crippen LogP contribution in [0, 0.1) is 0 Å². The van der Waals surface area contributed by atoms with Crippen LogP contribution >= 0.6 is 0 Å². The molecule has 100 valence electrons. The Hall–Kier alpha value is -2.75. The van der Waals surface area contributed by atoms with Crippen molar-refractivity contribution in [2.24, 2.45) is 0 Å². The fourth-order valence-corrected chi connectivity index (χ4v) is 1.90. The summed E-state index contributed by atoms with van der Waals surface area (Å²) in [5, 5.41) is 0.458. The number of benzene rings is 2. The number of hydrogen-bond acceptors (Lipinski definition) is 4. The zero-order chi connectivity index (χ0) is 13.9. The number of para-hydroxylation sites is 1. The number of ether oxygens (including phenoxy) is 2. The molecule has 0 N–H and O–H groups in total. The van der Waals surface area contributed by atoms with E-state index >= 15 is 0 Å². The van der Waals surface area contributed by atoms with Gasteiger partial charge in [-0.05, 0) is 24.3 Å². The minimum atomic E-state index is -0.210. The summed E-state index contributed by atoms with van der Waals surface area (Å²) in [7, 11) is 1.56. The van der Waals surface area contributed by atoms with Crippen molar-refractivity contribution < 1.29 is 13.9 Å². The van der Waals surface area contributed by atoms with Gasteiger partial charge in [0.15, 0.2) is 0 Å². The fourth-order valence-electron chi connectivity index (χ4n) is 1.90. The highest BCUT2D eigenvalue weighted by Gasteiger charge is 2.09. The molecule has 0 saturated carbocycles. The third-order valence-electron chi connectivity index (χ3n) is 2.92. The lowest BCUT2D eigenvalue weighted by Crippen LogP contribution is -2.04. The van der Waals surface area contributed by atoms with Crippen molar-refractivity contribution in [1.82, 2.24) is 0 Å². The molecule has 0 bridgehead atoms. The van der Waals surface area contributed by atoms with Gasteiger partial charge in [-0.3, -0.25) is 4.79 Å². The lowest BCUT2D eigenvalue weighted by molar-refractivity contribution is 0.413. The lowest BCUT2D eigenvalue weighted by Gasteiger charge is -2.06. The Bertz CT molecular complexity index is 790. The summed E-state index contributed by atoms with van der Waals surface area (Å²) in [5.41, 5.74) is 0.257. The van der Waals surface area contributed by atoms with Crippen LogP contribution in [0.25, 0.3) is 11.0 Å². The summed E-state index contributed by atoms with van der Waals surface area (Å²) in [6.07, 6.45) is 1.32. The van der Waals surface area contributed by atoms with E-state index in [4.69, 9.17) is 13.9 Å². The molecule has 0 amide bonds. The smallest absolute Gasteiger partial charge is 0.235 e. The van der Waals surface area contributed by atoms with E-state index in [1.165, 1.54) is 6.26 Å². The minimum absolute atomic E-state index is 0.161. The second-order valence-electron chi connectivity index (χ2n) is 4.21. The van der Waals surface area contributed by atoms with Crippen molar-refractivity contribution in [2.75, 3.05) is 7.11 Å². The van der Waals surface area contributed by atoms with Gasteiger partial charge in [0, 0.05) is 6.07 Å². The number of methoxy groups -OCH3 is 1. The SMILES string of the molecule is COc1ccc2c(=O)c(Oc3ccccc3)coc2c1. The van der Waals surface area contributed by atoms with Crippen LogP contribution in [0.1, 0.15) is 0 Å². The second kappa shape index (κ2) is 5.09. The maximum atomic E-state index is 12.3. The van der Waals surface area contributed by atoms with E-state index in [1.54, 1.807) is 37.4 Å². The summed E-state index contributed by atoms with van der Waals surface area (Å²) in [5.74, 6) is 1.39. The van der Waals surface area contributed by atoms with Crippen LogP contribution in [0.4, 0.5) is 0 Å². The molecule has 4 heteroatoms. The van der Waals surface area contributed by atoms with E-state index in [0.29, 0.717) is 22.5 Å². The molecule has 2 aromatic carbocycles. The number of fused-ring (bicyclic) bond motifs is 1. The van der Waals surface area contributed by atoms with Gasteiger partial charge in [-0.25, -0.2) is 0 Å². The van der Waals surface area contributed by atoms with E-state index < -0.39 is 0 Å². The molecule has 4 nitrogen and oxygen atoms in total. The molecule has 0 saturated heterocycles. The van der Waals surface area contributed by atoms with E-state index in [-0.39, 0.29) is 11.2 Å². The number of hydrogen-bond donors (Lipinski definition) is 0. The molecule has 0 atom stereocenters. The van der Waals surface area contributed by atoms with Crippen molar-refractivity contribution in [3.05, 3.63) is 65.0 Å². The van der Waals surface area contributed by atoms with Gasteiger partial charge in [-0.15, -0.1) is 0 Å². The van der Waals surface area contributed by atoms with Gasteiger partial charge in [0.1, 0.15) is 23.3 Å².